The second-order valence-corrected chi connectivity index (χ2v) is 32.2. The minimum absolute atomic E-state index is 0.810. The van der Waals surface area contributed by atoms with Crippen molar-refractivity contribution in [1.82, 2.24) is 38.2 Å². The van der Waals surface area contributed by atoms with Crippen molar-refractivity contribution in [2.75, 3.05) is 0 Å². The van der Waals surface area contributed by atoms with Gasteiger partial charge in [0.25, 0.3) is 0 Å². The SMILES string of the molecule is c1cc(-c2cccc3c2oc2cccnc23)cc(-n2c3ccccc3c3ccccc32)c1.c1ccc(-n2c3ccccc3c3ccccc32)c(-c2ccc3oc4ccccc4c3n2)c1.c1ccc(-n2c3ccccc3c3ccccc32)c(-c2cccc3c2oc2cccnc23)c1.c1cnc2c(c1)oc1c(-c3ccc(-n4c5ccccc5c5ccccc54)cc3)cccc12. The Labute approximate surface area is 731 Å². The van der Waals surface area contributed by atoms with Crippen LogP contribution in [-0.2, 0) is 0 Å². The fourth-order valence-electron chi connectivity index (χ4n) is 19.4. The van der Waals surface area contributed by atoms with Crippen molar-refractivity contribution in [1.29, 1.82) is 0 Å². The van der Waals surface area contributed by atoms with Crippen LogP contribution in [0.1, 0.15) is 0 Å². The zero-order chi connectivity index (χ0) is 84.3. The van der Waals surface area contributed by atoms with E-state index in [9.17, 15) is 0 Å². The smallest absolute Gasteiger partial charge is 0.153 e. The topological polar surface area (TPSA) is 124 Å². The maximum absolute atomic E-state index is 6.31. The summed E-state index contributed by atoms with van der Waals surface area (Å²) < 4.78 is 34.1. The van der Waals surface area contributed by atoms with Crippen molar-refractivity contribution in [3.05, 3.63) is 437 Å². The summed E-state index contributed by atoms with van der Waals surface area (Å²) in [7, 11) is 0. The lowest BCUT2D eigenvalue weighted by Crippen LogP contribution is -1.97. The molecule has 0 radical (unpaired) electrons. The summed E-state index contributed by atoms with van der Waals surface area (Å²) in [6, 6.07) is 146. The van der Waals surface area contributed by atoms with E-state index in [1.165, 1.54) is 87.2 Å². The highest BCUT2D eigenvalue weighted by Crippen LogP contribution is 2.45. The summed E-state index contributed by atoms with van der Waals surface area (Å²) in [6.45, 7) is 0. The van der Waals surface area contributed by atoms with Gasteiger partial charge in [-0.15, -0.1) is 0 Å². The van der Waals surface area contributed by atoms with Crippen molar-refractivity contribution in [3.8, 4) is 67.4 Å². The normalized spacial score (nSPS) is 11.8. The average molecular weight is 1640 g/mol. The van der Waals surface area contributed by atoms with Gasteiger partial charge in [0.15, 0.2) is 22.3 Å². The summed E-state index contributed by atoms with van der Waals surface area (Å²) in [4.78, 5) is 18.7. The molecule has 128 heavy (non-hydrogen) atoms. The van der Waals surface area contributed by atoms with E-state index >= 15 is 0 Å². The maximum Gasteiger partial charge on any atom is 0.153 e. The molecule has 12 heterocycles. The molecule has 0 atom stereocenters. The van der Waals surface area contributed by atoms with Gasteiger partial charge in [0.2, 0.25) is 0 Å². The van der Waals surface area contributed by atoms with Crippen LogP contribution in [0, 0.1) is 0 Å². The number of para-hydroxylation sites is 14. The number of furan rings is 4. The van der Waals surface area contributed by atoms with Crippen LogP contribution in [0.25, 0.3) is 243 Å². The first-order chi connectivity index (χ1) is 63.5. The summed E-state index contributed by atoms with van der Waals surface area (Å²) in [5, 5.41) is 14.2. The standard InChI is InChI=1S/4C29H18N2O/c1-5-13-24-19(9-1)20-10-2-6-14-25(20)31(24)26-15-7-3-11-21(26)23-17-18-28-29(30-23)22-12-4-8-16-27(22)32-28;1-4-14-24-19(9-1)20-10-2-5-15-25(20)31(24)26-16-6-3-11-21(26)22-12-7-13-23-28-27(32-29(22)23)17-8-18-30-28;1-3-14-25-22(10-1)23-11-2-4-15-26(23)31(25)20-9-5-8-19(18-20)21-12-6-13-24-28-27(32-29(21)24)16-7-17-30-28;1-3-11-25-22(7-1)23-8-2-4-12-26(23)31(25)20-16-14-19(15-17-20)21-9-5-10-24-28-27(32-29(21)24)13-6-18-30-28/h4*1-18H. The predicted octanol–water partition coefficient (Wildman–Crippen LogP) is 31.0. The maximum atomic E-state index is 6.31. The Morgan fingerprint density at radius 2 is 0.500 bits per heavy atom. The fraction of sp³-hybridized carbons (Fsp3) is 0. The van der Waals surface area contributed by atoms with Crippen LogP contribution in [0.5, 0.6) is 0 Å². The van der Waals surface area contributed by atoms with Crippen LogP contribution in [0.4, 0.5) is 0 Å². The zero-order valence-electron chi connectivity index (χ0n) is 68.8. The van der Waals surface area contributed by atoms with Gasteiger partial charge in [0.1, 0.15) is 44.4 Å². The molecule has 0 aliphatic heterocycles. The van der Waals surface area contributed by atoms with Crippen LogP contribution in [0.2, 0.25) is 0 Å². The molecule has 28 aromatic rings. The minimum atomic E-state index is 0.810. The van der Waals surface area contributed by atoms with E-state index in [4.69, 9.17) is 22.7 Å². The Hall–Kier alpha value is -17.5. The third-order valence-corrected chi connectivity index (χ3v) is 25.0. The lowest BCUT2D eigenvalue weighted by atomic mass is 10.0. The second-order valence-electron chi connectivity index (χ2n) is 32.2. The third kappa shape index (κ3) is 12.0. The van der Waals surface area contributed by atoms with Crippen LogP contribution in [0.3, 0.4) is 0 Å². The molecule has 16 aromatic carbocycles. The molecule has 28 rings (SSSR count). The molecule has 0 aliphatic carbocycles. The molecule has 12 aromatic heterocycles. The molecule has 0 saturated carbocycles. The van der Waals surface area contributed by atoms with Crippen LogP contribution in [0.15, 0.2) is 455 Å². The van der Waals surface area contributed by atoms with Gasteiger partial charge in [-0.2, -0.15) is 0 Å². The van der Waals surface area contributed by atoms with Gasteiger partial charge < -0.3 is 35.9 Å². The molecule has 0 aliphatic rings. The van der Waals surface area contributed by atoms with Gasteiger partial charge in [-0.1, -0.05) is 255 Å². The highest BCUT2D eigenvalue weighted by molar-refractivity contribution is 6.16. The van der Waals surface area contributed by atoms with Crippen LogP contribution < -0.4 is 0 Å². The Morgan fingerprint density at radius 1 is 0.180 bits per heavy atom. The average Bonchev–Trinajstić information content (AvgIpc) is 1.58. The summed E-state index contributed by atoms with van der Waals surface area (Å²) >= 11 is 0. The summed E-state index contributed by atoms with van der Waals surface area (Å²) in [5.74, 6) is 0. The Morgan fingerprint density at radius 3 is 0.953 bits per heavy atom. The molecular formula is C116H72N8O4. The van der Waals surface area contributed by atoms with Crippen molar-refractivity contribution >= 4 is 175 Å². The number of aromatic nitrogens is 8. The fourth-order valence-corrected chi connectivity index (χ4v) is 19.4. The van der Waals surface area contributed by atoms with Crippen molar-refractivity contribution in [2.24, 2.45) is 0 Å². The molecule has 0 N–H and O–H groups in total. The number of nitrogens with zero attached hydrogens (tertiary/aromatic N) is 8. The van der Waals surface area contributed by atoms with Crippen molar-refractivity contribution < 1.29 is 17.7 Å². The Balaban J connectivity index is 0.0000000926. The van der Waals surface area contributed by atoms with E-state index in [-0.39, 0.29) is 0 Å². The third-order valence-electron chi connectivity index (χ3n) is 25.0. The molecule has 0 unspecified atom stereocenters. The van der Waals surface area contributed by atoms with Gasteiger partial charge in [-0.25, -0.2) is 4.98 Å². The minimum Gasteiger partial charge on any atom is -0.454 e. The largest absolute Gasteiger partial charge is 0.454 e. The van der Waals surface area contributed by atoms with Crippen LogP contribution >= 0.6 is 0 Å². The van der Waals surface area contributed by atoms with E-state index in [2.05, 4.69) is 391 Å². The molecule has 600 valence electrons. The number of hydrogen-bond donors (Lipinski definition) is 0. The van der Waals surface area contributed by atoms with Gasteiger partial charge in [0, 0.05) is 122 Å². The lowest BCUT2D eigenvalue weighted by Gasteiger charge is -2.14. The Bertz CT molecular complexity index is 9050. The van der Waals surface area contributed by atoms with Gasteiger partial charge in [-0.3, -0.25) is 15.0 Å². The Kier molecular flexibility index (Phi) is 17.3. The number of fused-ring (bicyclic) bond motifs is 24. The van der Waals surface area contributed by atoms with E-state index in [0.717, 1.165) is 156 Å². The summed E-state index contributed by atoms with van der Waals surface area (Å²) in [6.07, 6.45) is 5.44. The number of hydrogen-bond acceptors (Lipinski definition) is 8. The molecule has 0 amide bonds. The summed E-state index contributed by atoms with van der Waals surface area (Å²) in [5.41, 5.74) is 33.1. The monoisotopic (exact) mass is 1640 g/mol. The number of pyridine rings is 4. The number of rotatable bonds is 8. The quantitative estimate of drug-likeness (QED) is 0.147. The van der Waals surface area contributed by atoms with E-state index in [0.29, 0.717) is 0 Å². The van der Waals surface area contributed by atoms with Gasteiger partial charge in [-0.05, 0) is 175 Å². The van der Waals surface area contributed by atoms with E-state index in [1.807, 2.05) is 79.3 Å². The molecular weight excluding hydrogens is 1570 g/mol. The zero-order valence-corrected chi connectivity index (χ0v) is 68.8. The van der Waals surface area contributed by atoms with Crippen molar-refractivity contribution in [3.63, 3.8) is 0 Å². The highest BCUT2D eigenvalue weighted by Gasteiger charge is 2.24. The lowest BCUT2D eigenvalue weighted by molar-refractivity contribution is 0.668. The van der Waals surface area contributed by atoms with Crippen LogP contribution in [-0.4, -0.2) is 38.2 Å². The second kappa shape index (κ2) is 30.2. The van der Waals surface area contributed by atoms with Gasteiger partial charge >= 0.3 is 0 Å². The first kappa shape index (κ1) is 73.3. The van der Waals surface area contributed by atoms with Gasteiger partial charge in [0.05, 0.1) is 61.2 Å². The first-order valence-corrected chi connectivity index (χ1v) is 43.0. The first-order valence-electron chi connectivity index (χ1n) is 43.0. The van der Waals surface area contributed by atoms with E-state index < -0.39 is 0 Å². The molecule has 0 fully saturated rings. The molecule has 12 nitrogen and oxygen atoms in total. The number of benzene rings is 16. The van der Waals surface area contributed by atoms with Crippen molar-refractivity contribution in [2.45, 2.75) is 0 Å². The molecule has 0 bridgehead atoms. The molecule has 0 spiro atoms. The highest BCUT2D eigenvalue weighted by atomic mass is 16.3. The molecule has 0 saturated heterocycles. The van der Waals surface area contributed by atoms with E-state index in [1.54, 1.807) is 0 Å². The molecule has 12 heteroatoms. The predicted molar refractivity (Wildman–Crippen MR) is 525 cm³/mol.